The summed E-state index contributed by atoms with van der Waals surface area (Å²) in [5.74, 6) is 1.39. The van der Waals surface area contributed by atoms with Crippen LogP contribution in [-0.2, 0) is 7.05 Å². The Balaban J connectivity index is 1.83. The van der Waals surface area contributed by atoms with Crippen molar-refractivity contribution >= 4 is 5.65 Å². The molecule has 26 heavy (non-hydrogen) atoms. The van der Waals surface area contributed by atoms with Crippen LogP contribution >= 0.6 is 0 Å². The molecule has 0 amide bonds. The Bertz CT molecular complexity index is 1070. The normalized spacial score (nSPS) is 25.2. The Labute approximate surface area is 150 Å². The fourth-order valence-electron chi connectivity index (χ4n) is 4.80. The van der Waals surface area contributed by atoms with Crippen LogP contribution in [0, 0.1) is 25.7 Å². The average molecular weight is 356 g/mol. The molecule has 1 aliphatic carbocycles. The SMILES string of the molecule is Cc1nc2cc3nn2c(C)c1-n1n(C)c(=O)n1C1CCCC(C)C1CO3. The number of aryl methyl sites for hydroxylation is 2. The first kappa shape index (κ1) is 15.7. The van der Waals surface area contributed by atoms with E-state index in [0.29, 0.717) is 18.4 Å². The van der Waals surface area contributed by atoms with Gasteiger partial charge in [-0.1, -0.05) is 19.8 Å². The number of aromatic nitrogens is 6. The molecule has 0 saturated heterocycles. The predicted octanol–water partition coefficient (Wildman–Crippen LogP) is 2.01. The second-order valence-corrected chi connectivity index (χ2v) is 7.77. The lowest BCUT2D eigenvalue weighted by molar-refractivity contribution is 0.0692. The molecule has 1 fully saturated rings. The van der Waals surface area contributed by atoms with E-state index in [1.54, 1.807) is 4.68 Å². The van der Waals surface area contributed by atoms with Crippen LogP contribution in [0.4, 0.5) is 0 Å². The maximum Gasteiger partial charge on any atom is 0.360 e. The largest absolute Gasteiger partial charge is 0.476 e. The molecule has 8 nitrogen and oxygen atoms in total. The van der Waals surface area contributed by atoms with Gasteiger partial charge in [0.2, 0.25) is 5.88 Å². The first-order valence-electron chi connectivity index (χ1n) is 9.34. The van der Waals surface area contributed by atoms with Crippen LogP contribution in [0.5, 0.6) is 5.88 Å². The van der Waals surface area contributed by atoms with E-state index in [2.05, 4.69) is 12.0 Å². The zero-order valence-corrected chi connectivity index (χ0v) is 15.6. The minimum absolute atomic E-state index is 0.0348. The Kier molecular flexibility index (Phi) is 3.17. The minimum atomic E-state index is 0.0348. The molecule has 1 aliphatic heterocycles. The van der Waals surface area contributed by atoms with E-state index in [-0.39, 0.29) is 17.6 Å². The molecular formula is C18H24N6O2. The van der Waals surface area contributed by atoms with Crippen LogP contribution in [0.3, 0.4) is 0 Å². The maximum atomic E-state index is 12.8. The van der Waals surface area contributed by atoms with Crippen LogP contribution in [0.15, 0.2) is 10.9 Å². The van der Waals surface area contributed by atoms with Gasteiger partial charge in [0.25, 0.3) is 0 Å². The van der Waals surface area contributed by atoms with Crippen molar-refractivity contribution in [3.05, 3.63) is 27.9 Å². The molecule has 138 valence electrons. The van der Waals surface area contributed by atoms with E-state index >= 15 is 0 Å². The number of nitrogens with zero attached hydrogens (tertiary/aromatic N) is 6. The van der Waals surface area contributed by atoms with Gasteiger partial charge < -0.3 is 4.74 Å². The average Bonchev–Trinajstić information content (AvgIpc) is 3.01. The van der Waals surface area contributed by atoms with Gasteiger partial charge in [0.1, 0.15) is 5.69 Å². The minimum Gasteiger partial charge on any atom is -0.476 e. The topological polar surface area (TPSA) is 71.3 Å². The summed E-state index contributed by atoms with van der Waals surface area (Å²) in [6.45, 7) is 6.84. The van der Waals surface area contributed by atoms with Gasteiger partial charge in [-0.25, -0.2) is 23.7 Å². The molecule has 8 heteroatoms. The highest BCUT2D eigenvalue weighted by molar-refractivity contribution is 5.51. The lowest BCUT2D eigenvalue weighted by atomic mass is 9.77. The number of hydrogen-bond acceptors (Lipinski definition) is 4. The Hall–Kier alpha value is -2.51. The van der Waals surface area contributed by atoms with Crippen molar-refractivity contribution in [3.8, 4) is 11.6 Å². The van der Waals surface area contributed by atoms with Crippen LogP contribution in [0.25, 0.3) is 11.3 Å². The van der Waals surface area contributed by atoms with Crippen LogP contribution in [0.2, 0.25) is 0 Å². The van der Waals surface area contributed by atoms with Gasteiger partial charge in [-0.3, -0.25) is 0 Å². The van der Waals surface area contributed by atoms with Gasteiger partial charge >= 0.3 is 5.69 Å². The highest BCUT2D eigenvalue weighted by atomic mass is 16.5. The van der Waals surface area contributed by atoms with Crippen molar-refractivity contribution in [3.63, 3.8) is 0 Å². The predicted molar refractivity (Wildman–Crippen MR) is 96.1 cm³/mol. The maximum absolute atomic E-state index is 12.8. The van der Waals surface area contributed by atoms with Gasteiger partial charge in [-0.2, -0.15) is 4.80 Å². The number of fused-ring (bicyclic) bond motifs is 6. The summed E-state index contributed by atoms with van der Waals surface area (Å²) in [6.07, 6.45) is 3.30. The summed E-state index contributed by atoms with van der Waals surface area (Å²) in [5.41, 5.74) is 3.56. The summed E-state index contributed by atoms with van der Waals surface area (Å²) < 4.78 is 11.5. The lowest BCUT2D eigenvalue weighted by Gasteiger charge is -2.40. The van der Waals surface area contributed by atoms with Crippen molar-refractivity contribution in [1.82, 2.24) is 28.8 Å². The summed E-state index contributed by atoms with van der Waals surface area (Å²) in [4.78, 5) is 19.5. The monoisotopic (exact) mass is 356 g/mol. The van der Waals surface area contributed by atoms with Crippen LogP contribution < -0.4 is 10.4 Å². The van der Waals surface area contributed by atoms with E-state index in [1.807, 2.05) is 41.0 Å². The van der Waals surface area contributed by atoms with E-state index in [0.717, 1.165) is 35.6 Å². The van der Waals surface area contributed by atoms with Crippen molar-refractivity contribution in [2.75, 3.05) is 6.61 Å². The van der Waals surface area contributed by atoms with Crippen LogP contribution in [-0.4, -0.2) is 35.4 Å². The first-order chi connectivity index (χ1) is 12.5. The summed E-state index contributed by atoms with van der Waals surface area (Å²) in [6, 6.07) is 2.03. The van der Waals surface area contributed by atoms with E-state index in [4.69, 9.17) is 9.72 Å². The standard InChI is InChI=1S/C18H24N6O2/c1-10-6-5-7-14-13(10)9-26-16-8-15-19-11(2)17(12(3)22(15)20-16)24-21(4)18(25)23(14)24/h8,10,13-14H,5-7,9H2,1-4H3. The van der Waals surface area contributed by atoms with Gasteiger partial charge in [0, 0.05) is 19.0 Å². The summed E-state index contributed by atoms with van der Waals surface area (Å²) >= 11 is 0. The van der Waals surface area contributed by atoms with Crippen molar-refractivity contribution in [2.24, 2.45) is 18.9 Å². The second-order valence-electron chi connectivity index (χ2n) is 7.77. The van der Waals surface area contributed by atoms with Gasteiger partial charge in [-0.15, -0.1) is 5.10 Å². The Morgan fingerprint density at radius 2 is 2.08 bits per heavy atom. The second kappa shape index (κ2) is 5.25. The van der Waals surface area contributed by atoms with E-state index < -0.39 is 0 Å². The number of hydrogen-bond donors (Lipinski definition) is 0. The van der Waals surface area contributed by atoms with Gasteiger partial charge in [0.05, 0.1) is 24.0 Å². The molecule has 4 heterocycles. The fourth-order valence-corrected chi connectivity index (χ4v) is 4.80. The van der Waals surface area contributed by atoms with E-state index in [9.17, 15) is 4.79 Å². The fraction of sp³-hybridized carbons (Fsp3) is 0.611. The molecule has 3 aromatic heterocycles. The molecule has 1 saturated carbocycles. The molecule has 0 spiro atoms. The van der Waals surface area contributed by atoms with Crippen molar-refractivity contribution in [2.45, 2.75) is 46.1 Å². The molecule has 0 N–H and O–H groups in total. The quantitative estimate of drug-likeness (QED) is 0.618. The first-order valence-corrected chi connectivity index (χ1v) is 9.34. The molecule has 0 aromatic carbocycles. The highest BCUT2D eigenvalue weighted by Gasteiger charge is 2.38. The Morgan fingerprint density at radius 1 is 1.27 bits per heavy atom. The molecule has 3 unspecified atom stereocenters. The highest BCUT2D eigenvalue weighted by Crippen LogP contribution is 2.39. The molecule has 5 rings (SSSR count). The zero-order chi connectivity index (χ0) is 18.2. The van der Waals surface area contributed by atoms with E-state index in [1.165, 1.54) is 6.42 Å². The zero-order valence-electron chi connectivity index (χ0n) is 15.6. The van der Waals surface area contributed by atoms with Crippen molar-refractivity contribution < 1.29 is 4.74 Å². The third-order valence-corrected chi connectivity index (χ3v) is 6.24. The number of rotatable bonds is 0. The van der Waals surface area contributed by atoms with Gasteiger partial charge in [0.15, 0.2) is 5.65 Å². The van der Waals surface area contributed by atoms with Crippen molar-refractivity contribution in [1.29, 1.82) is 0 Å². The lowest BCUT2D eigenvalue weighted by Crippen LogP contribution is -2.53. The molecule has 3 atom stereocenters. The molecule has 2 aliphatic rings. The molecule has 3 bridgehead atoms. The molecule has 0 radical (unpaired) electrons. The molecule has 3 aromatic rings. The smallest absolute Gasteiger partial charge is 0.360 e. The third kappa shape index (κ3) is 1.92. The third-order valence-electron chi connectivity index (χ3n) is 6.24. The van der Waals surface area contributed by atoms with Crippen LogP contribution in [0.1, 0.15) is 43.6 Å². The Morgan fingerprint density at radius 3 is 2.88 bits per heavy atom. The molecular weight excluding hydrogens is 332 g/mol. The number of ether oxygens (including phenoxy) is 1. The summed E-state index contributed by atoms with van der Waals surface area (Å²) in [7, 11) is 1.81. The summed E-state index contributed by atoms with van der Waals surface area (Å²) in [5, 5.41) is 4.60. The van der Waals surface area contributed by atoms with Gasteiger partial charge in [-0.05, 0) is 26.2 Å².